The molecule has 0 saturated carbocycles. The Morgan fingerprint density at radius 3 is 2.53 bits per heavy atom. The molecule has 1 atom stereocenters. The Bertz CT molecular complexity index is 537. The first-order valence-corrected chi connectivity index (χ1v) is 6.93. The van der Waals surface area contributed by atoms with Crippen LogP contribution in [0.4, 0.5) is 5.69 Å². The molecule has 1 aromatic heterocycles. The first-order chi connectivity index (χ1) is 9.08. The molecule has 2 aromatic rings. The van der Waals surface area contributed by atoms with Gasteiger partial charge in [0.15, 0.2) is 0 Å². The van der Waals surface area contributed by atoms with E-state index < -0.39 is 0 Å². The Morgan fingerprint density at radius 1 is 1.32 bits per heavy atom. The first kappa shape index (κ1) is 13.7. The lowest BCUT2D eigenvalue weighted by atomic mass is 10.1. The zero-order valence-electron chi connectivity index (χ0n) is 10.9. The van der Waals surface area contributed by atoms with Crippen molar-refractivity contribution in [1.29, 1.82) is 0 Å². The third kappa shape index (κ3) is 3.39. The second-order valence-electron chi connectivity index (χ2n) is 4.53. The molecule has 5 heteroatoms. The Morgan fingerprint density at radius 2 is 2.00 bits per heavy atom. The van der Waals surface area contributed by atoms with E-state index in [1.54, 1.807) is 23.5 Å². The topological polar surface area (TPSA) is 46.4 Å². The lowest BCUT2D eigenvalue weighted by molar-refractivity contribution is -0.384. The van der Waals surface area contributed by atoms with Crippen LogP contribution in [-0.4, -0.2) is 16.9 Å². The molecule has 0 N–H and O–H groups in total. The van der Waals surface area contributed by atoms with Gasteiger partial charge in [-0.15, -0.1) is 11.3 Å². The lowest BCUT2D eigenvalue weighted by Crippen LogP contribution is -2.21. The number of non-ortho nitro benzene ring substituents is 1. The number of nitro benzene ring substituents is 1. The Kier molecular flexibility index (Phi) is 4.29. The highest BCUT2D eigenvalue weighted by molar-refractivity contribution is 7.10. The fourth-order valence-electron chi connectivity index (χ4n) is 1.89. The van der Waals surface area contributed by atoms with Crippen molar-refractivity contribution in [2.45, 2.75) is 19.5 Å². The van der Waals surface area contributed by atoms with Gasteiger partial charge in [-0.3, -0.25) is 15.0 Å². The van der Waals surface area contributed by atoms with Crippen molar-refractivity contribution >= 4 is 17.0 Å². The predicted octanol–water partition coefficient (Wildman–Crippen LogP) is 3.85. The number of benzene rings is 1. The SMILES string of the molecule is CC(c1cccs1)N(C)Cc1ccc([N+](=O)[O-])cc1. The number of rotatable bonds is 5. The molecule has 1 heterocycles. The van der Waals surface area contributed by atoms with E-state index in [0.29, 0.717) is 6.04 Å². The normalized spacial score (nSPS) is 12.6. The summed E-state index contributed by atoms with van der Waals surface area (Å²) in [5.41, 5.74) is 1.22. The van der Waals surface area contributed by atoms with Crippen LogP contribution < -0.4 is 0 Å². The second-order valence-corrected chi connectivity index (χ2v) is 5.51. The van der Waals surface area contributed by atoms with Gasteiger partial charge in [-0.2, -0.15) is 0 Å². The van der Waals surface area contributed by atoms with Gasteiger partial charge in [0, 0.05) is 29.6 Å². The molecule has 19 heavy (non-hydrogen) atoms. The largest absolute Gasteiger partial charge is 0.295 e. The first-order valence-electron chi connectivity index (χ1n) is 6.05. The highest BCUT2D eigenvalue weighted by Gasteiger charge is 2.13. The van der Waals surface area contributed by atoms with Crippen LogP contribution in [0.2, 0.25) is 0 Å². The highest BCUT2D eigenvalue weighted by atomic mass is 32.1. The minimum absolute atomic E-state index is 0.137. The maximum atomic E-state index is 10.6. The Labute approximate surface area is 116 Å². The monoisotopic (exact) mass is 276 g/mol. The van der Waals surface area contributed by atoms with Gasteiger partial charge in [0.2, 0.25) is 0 Å². The maximum absolute atomic E-state index is 10.6. The van der Waals surface area contributed by atoms with Gasteiger partial charge < -0.3 is 0 Å². The van der Waals surface area contributed by atoms with Crippen LogP contribution in [0, 0.1) is 10.1 Å². The van der Waals surface area contributed by atoms with E-state index in [9.17, 15) is 10.1 Å². The molecule has 0 amide bonds. The fourth-order valence-corrected chi connectivity index (χ4v) is 2.74. The van der Waals surface area contributed by atoms with Crippen LogP contribution in [0.3, 0.4) is 0 Å². The van der Waals surface area contributed by atoms with Crippen molar-refractivity contribution in [3.8, 4) is 0 Å². The maximum Gasteiger partial charge on any atom is 0.269 e. The summed E-state index contributed by atoms with van der Waals surface area (Å²) in [6.07, 6.45) is 0. The summed E-state index contributed by atoms with van der Waals surface area (Å²) in [6.45, 7) is 2.94. The van der Waals surface area contributed by atoms with E-state index in [2.05, 4.69) is 36.4 Å². The van der Waals surface area contributed by atoms with Crippen LogP contribution in [0.15, 0.2) is 41.8 Å². The third-order valence-electron chi connectivity index (χ3n) is 3.20. The average Bonchev–Trinajstić information content (AvgIpc) is 2.92. The molecule has 0 fully saturated rings. The summed E-state index contributed by atoms with van der Waals surface area (Å²) in [5, 5.41) is 12.7. The van der Waals surface area contributed by atoms with Crippen molar-refractivity contribution in [3.63, 3.8) is 0 Å². The fraction of sp³-hybridized carbons (Fsp3) is 0.286. The summed E-state index contributed by atoms with van der Waals surface area (Å²) in [5.74, 6) is 0. The standard InChI is InChI=1S/C14H16N2O2S/c1-11(14-4-3-9-19-14)15(2)10-12-5-7-13(8-6-12)16(17)18/h3-9,11H,10H2,1-2H3. The van der Waals surface area contributed by atoms with Crippen molar-refractivity contribution in [2.75, 3.05) is 7.05 Å². The number of nitro groups is 1. The predicted molar refractivity (Wildman–Crippen MR) is 77.3 cm³/mol. The number of nitrogens with zero attached hydrogens (tertiary/aromatic N) is 2. The second kappa shape index (κ2) is 5.95. The molecule has 4 nitrogen and oxygen atoms in total. The number of hydrogen-bond acceptors (Lipinski definition) is 4. The minimum atomic E-state index is -0.373. The molecular weight excluding hydrogens is 260 g/mol. The van der Waals surface area contributed by atoms with E-state index >= 15 is 0 Å². The quantitative estimate of drug-likeness (QED) is 0.615. The molecule has 0 aliphatic rings. The van der Waals surface area contributed by atoms with Gasteiger partial charge in [-0.25, -0.2) is 0 Å². The van der Waals surface area contributed by atoms with Gasteiger partial charge in [-0.1, -0.05) is 18.2 Å². The van der Waals surface area contributed by atoms with E-state index in [-0.39, 0.29) is 10.6 Å². The van der Waals surface area contributed by atoms with E-state index in [1.807, 2.05) is 12.1 Å². The molecule has 1 unspecified atom stereocenters. The van der Waals surface area contributed by atoms with Gasteiger partial charge in [0.1, 0.15) is 0 Å². The molecule has 0 aliphatic carbocycles. The van der Waals surface area contributed by atoms with Crippen LogP contribution in [0.5, 0.6) is 0 Å². The van der Waals surface area contributed by atoms with E-state index in [1.165, 1.54) is 4.88 Å². The van der Waals surface area contributed by atoms with E-state index in [0.717, 1.165) is 12.1 Å². The van der Waals surface area contributed by atoms with Crippen molar-refractivity contribution in [2.24, 2.45) is 0 Å². The highest BCUT2D eigenvalue weighted by Crippen LogP contribution is 2.25. The van der Waals surface area contributed by atoms with Gasteiger partial charge >= 0.3 is 0 Å². The van der Waals surface area contributed by atoms with Gasteiger partial charge in [0.25, 0.3) is 5.69 Å². The summed E-state index contributed by atoms with van der Waals surface area (Å²) >= 11 is 1.75. The van der Waals surface area contributed by atoms with Crippen molar-refractivity contribution in [3.05, 3.63) is 62.3 Å². The minimum Gasteiger partial charge on any atom is -0.295 e. The Hall–Kier alpha value is -1.72. The summed E-state index contributed by atoms with van der Waals surface area (Å²) in [7, 11) is 2.06. The van der Waals surface area contributed by atoms with Crippen molar-refractivity contribution in [1.82, 2.24) is 4.90 Å². The molecule has 0 spiro atoms. The van der Waals surface area contributed by atoms with E-state index in [4.69, 9.17) is 0 Å². The van der Waals surface area contributed by atoms with Gasteiger partial charge in [0.05, 0.1) is 4.92 Å². The van der Waals surface area contributed by atoms with Crippen LogP contribution in [-0.2, 0) is 6.54 Å². The molecule has 0 aliphatic heterocycles. The molecule has 2 rings (SSSR count). The summed E-state index contributed by atoms with van der Waals surface area (Å²) < 4.78 is 0. The zero-order valence-corrected chi connectivity index (χ0v) is 11.8. The molecule has 100 valence electrons. The molecule has 0 saturated heterocycles. The number of hydrogen-bond donors (Lipinski definition) is 0. The molecular formula is C14H16N2O2S. The summed E-state index contributed by atoms with van der Waals surface area (Å²) in [4.78, 5) is 13.8. The summed E-state index contributed by atoms with van der Waals surface area (Å²) in [6, 6.07) is 11.3. The number of thiophene rings is 1. The van der Waals surface area contributed by atoms with Crippen molar-refractivity contribution < 1.29 is 4.92 Å². The van der Waals surface area contributed by atoms with Crippen LogP contribution >= 0.6 is 11.3 Å². The average molecular weight is 276 g/mol. The Balaban J connectivity index is 2.02. The van der Waals surface area contributed by atoms with Gasteiger partial charge in [-0.05, 0) is 31.0 Å². The van der Waals surface area contributed by atoms with Crippen LogP contribution in [0.1, 0.15) is 23.4 Å². The molecule has 0 bridgehead atoms. The third-order valence-corrected chi connectivity index (χ3v) is 4.24. The van der Waals surface area contributed by atoms with Crippen LogP contribution in [0.25, 0.3) is 0 Å². The zero-order chi connectivity index (χ0) is 13.8. The smallest absolute Gasteiger partial charge is 0.269 e. The molecule has 1 aromatic carbocycles. The molecule has 0 radical (unpaired) electrons. The lowest BCUT2D eigenvalue weighted by Gasteiger charge is -2.23.